The highest BCUT2D eigenvalue weighted by atomic mass is 19.1. The number of nitrogens with two attached hydrogens (primary N) is 1. The third-order valence-corrected chi connectivity index (χ3v) is 4.46. The van der Waals surface area contributed by atoms with Crippen LogP contribution in [0.25, 0.3) is 11.0 Å². The second-order valence-corrected chi connectivity index (χ2v) is 6.10. The van der Waals surface area contributed by atoms with Gasteiger partial charge in [0.05, 0.1) is 6.54 Å². The van der Waals surface area contributed by atoms with Crippen molar-refractivity contribution >= 4 is 11.0 Å². The Morgan fingerprint density at radius 3 is 2.67 bits per heavy atom. The first-order chi connectivity index (χ1) is 11.6. The highest BCUT2D eigenvalue weighted by Gasteiger charge is 2.10. The summed E-state index contributed by atoms with van der Waals surface area (Å²) < 4.78 is 19.0. The average Bonchev–Trinajstić information content (AvgIpc) is 2.56. The van der Waals surface area contributed by atoms with Crippen molar-refractivity contribution in [1.82, 2.24) is 0 Å². The lowest BCUT2D eigenvalue weighted by Crippen LogP contribution is -2.83. The lowest BCUT2D eigenvalue weighted by atomic mass is 10.0. The summed E-state index contributed by atoms with van der Waals surface area (Å²) in [7, 11) is 0. The van der Waals surface area contributed by atoms with Gasteiger partial charge in [0.25, 0.3) is 0 Å². The van der Waals surface area contributed by atoms with E-state index in [-0.39, 0.29) is 11.4 Å². The molecular formula is C20H21FNO2+. The van der Waals surface area contributed by atoms with Crippen LogP contribution < -0.4 is 10.9 Å². The van der Waals surface area contributed by atoms with E-state index < -0.39 is 0 Å². The maximum atomic E-state index is 13.6. The molecule has 2 N–H and O–H groups in total. The van der Waals surface area contributed by atoms with Crippen molar-refractivity contribution in [2.24, 2.45) is 0 Å². The van der Waals surface area contributed by atoms with Crippen molar-refractivity contribution in [3.63, 3.8) is 0 Å². The Balaban J connectivity index is 1.75. The van der Waals surface area contributed by atoms with Gasteiger partial charge in [0.1, 0.15) is 17.9 Å². The topological polar surface area (TPSA) is 46.8 Å². The Hall–Kier alpha value is -2.46. The highest BCUT2D eigenvalue weighted by Crippen LogP contribution is 2.22. The molecule has 0 unspecified atom stereocenters. The fourth-order valence-corrected chi connectivity index (χ4v) is 2.91. The molecule has 0 saturated heterocycles. The van der Waals surface area contributed by atoms with Crippen LogP contribution in [-0.4, -0.2) is 6.54 Å². The minimum Gasteiger partial charge on any atom is -0.422 e. The van der Waals surface area contributed by atoms with E-state index in [9.17, 15) is 9.18 Å². The summed E-state index contributed by atoms with van der Waals surface area (Å²) in [5, 5.41) is 3.07. The van der Waals surface area contributed by atoms with Crippen LogP contribution in [0, 0.1) is 19.7 Å². The molecule has 0 aliphatic heterocycles. The van der Waals surface area contributed by atoms with Crippen LogP contribution in [0.1, 0.15) is 22.3 Å². The summed E-state index contributed by atoms with van der Waals surface area (Å²) in [4.78, 5) is 11.8. The fourth-order valence-electron chi connectivity index (χ4n) is 2.91. The molecule has 0 fully saturated rings. The average molecular weight is 326 g/mol. The van der Waals surface area contributed by atoms with E-state index in [1.807, 2.05) is 38.1 Å². The van der Waals surface area contributed by atoms with Crippen molar-refractivity contribution in [3.05, 3.63) is 81.0 Å². The van der Waals surface area contributed by atoms with Crippen LogP contribution in [0.2, 0.25) is 0 Å². The van der Waals surface area contributed by atoms with E-state index in [4.69, 9.17) is 4.42 Å². The molecule has 0 atom stereocenters. The first-order valence-corrected chi connectivity index (χ1v) is 8.14. The van der Waals surface area contributed by atoms with Gasteiger partial charge in [0, 0.05) is 23.4 Å². The van der Waals surface area contributed by atoms with Crippen LogP contribution in [0.15, 0.2) is 51.7 Å². The molecule has 3 rings (SSSR count). The molecule has 124 valence electrons. The maximum Gasteiger partial charge on any atom is 0.336 e. The SMILES string of the molecule is Cc1ccc2c(C[NH2+]CCc3ccccc3F)cc(=O)oc2c1C. The van der Waals surface area contributed by atoms with Gasteiger partial charge in [-0.05, 0) is 36.6 Å². The third kappa shape index (κ3) is 3.39. The van der Waals surface area contributed by atoms with Crippen LogP contribution >= 0.6 is 0 Å². The minimum atomic E-state index is -0.325. The zero-order valence-electron chi connectivity index (χ0n) is 13.9. The molecule has 4 heteroatoms. The summed E-state index contributed by atoms with van der Waals surface area (Å²) in [6.45, 7) is 5.39. The van der Waals surface area contributed by atoms with E-state index in [1.165, 1.54) is 6.07 Å². The van der Waals surface area contributed by atoms with Crippen molar-refractivity contribution in [2.45, 2.75) is 26.8 Å². The molecule has 0 amide bonds. The van der Waals surface area contributed by atoms with Crippen LogP contribution in [-0.2, 0) is 13.0 Å². The second kappa shape index (κ2) is 6.97. The molecular weight excluding hydrogens is 305 g/mol. The summed E-state index contributed by atoms with van der Waals surface area (Å²) in [6.07, 6.45) is 0.657. The monoisotopic (exact) mass is 326 g/mol. The third-order valence-electron chi connectivity index (χ3n) is 4.46. The zero-order valence-corrected chi connectivity index (χ0v) is 13.9. The molecule has 3 nitrogen and oxygen atoms in total. The Labute approximate surface area is 140 Å². The summed E-state index contributed by atoms with van der Waals surface area (Å²) in [6, 6.07) is 12.4. The van der Waals surface area contributed by atoms with Gasteiger partial charge in [-0.25, -0.2) is 9.18 Å². The summed E-state index contributed by atoms with van der Waals surface area (Å²) >= 11 is 0. The van der Waals surface area contributed by atoms with Gasteiger partial charge in [0.15, 0.2) is 0 Å². The van der Waals surface area contributed by atoms with Crippen molar-refractivity contribution < 1.29 is 14.1 Å². The molecule has 0 aliphatic carbocycles. The lowest BCUT2D eigenvalue weighted by molar-refractivity contribution is -0.670. The number of benzene rings is 2. The molecule has 0 saturated carbocycles. The van der Waals surface area contributed by atoms with Gasteiger partial charge in [-0.3, -0.25) is 0 Å². The van der Waals surface area contributed by atoms with Crippen LogP contribution in [0.3, 0.4) is 0 Å². The Morgan fingerprint density at radius 2 is 1.88 bits per heavy atom. The van der Waals surface area contributed by atoms with Gasteiger partial charge in [-0.15, -0.1) is 0 Å². The molecule has 2 aromatic carbocycles. The molecule has 24 heavy (non-hydrogen) atoms. The maximum absolute atomic E-state index is 13.6. The summed E-state index contributed by atoms with van der Waals surface area (Å²) in [5.74, 6) is -0.164. The lowest BCUT2D eigenvalue weighted by Gasteiger charge is -2.08. The molecule has 0 aliphatic rings. The number of rotatable bonds is 5. The molecule has 0 radical (unpaired) electrons. The predicted molar refractivity (Wildman–Crippen MR) is 92.6 cm³/mol. The van der Waals surface area contributed by atoms with E-state index in [1.54, 1.807) is 12.1 Å². The number of hydrogen-bond donors (Lipinski definition) is 1. The van der Waals surface area contributed by atoms with Gasteiger partial charge in [-0.2, -0.15) is 0 Å². The second-order valence-electron chi connectivity index (χ2n) is 6.10. The number of halogens is 1. The smallest absolute Gasteiger partial charge is 0.336 e. The zero-order chi connectivity index (χ0) is 17.1. The van der Waals surface area contributed by atoms with Crippen molar-refractivity contribution in [2.75, 3.05) is 6.54 Å². The van der Waals surface area contributed by atoms with Crippen molar-refractivity contribution in [3.8, 4) is 0 Å². The predicted octanol–water partition coefficient (Wildman–Crippen LogP) is 2.86. The number of hydrogen-bond acceptors (Lipinski definition) is 2. The molecule has 0 spiro atoms. The van der Waals surface area contributed by atoms with E-state index in [0.717, 1.165) is 34.2 Å². The van der Waals surface area contributed by atoms with E-state index in [2.05, 4.69) is 5.32 Å². The van der Waals surface area contributed by atoms with E-state index in [0.29, 0.717) is 18.5 Å². The largest absolute Gasteiger partial charge is 0.422 e. The minimum absolute atomic E-state index is 0.164. The van der Waals surface area contributed by atoms with E-state index >= 15 is 0 Å². The quantitative estimate of drug-likeness (QED) is 0.579. The first kappa shape index (κ1) is 16.4. The highest BCUT2D eigenvalue weighted by molar-refractivity contribution is 5.83. The van der Waals surface area contributed by atoms with Gasteiger partial charge >= 0.3 is 5.63 Å². The number of fused-ring (bicyclic) bond motifs is 1. The summed E-state index contributed by atoms with van der Waals surface area (Å²) in [5.41, 5.74) is 4.12. The first-order valence-electron chi connectivity index (χ1n) is 8.14. The number of aryl methyl sites for hydroxylation is 2. The van der Waals surface area contributed by atoms with Gasteiger partial charge in [0.2, 0.25) is 0 Å². The normalized spacial score (nSPS) is 11.1. The molecule has 3 aromatic rings. The van der Waals surface area contributed by atoms with Gasteiger partial charge < -0.3 is 9.73 Å². The number of quaternary nitrogens is 1. The Bertz CT molecular complexity index is 931. The molecule has 0 bridgehead atoms. The van der Waals surface area contributed by atoms with Crippen LogP contribution in [0.5, 0.6) is 0 Å². The standard InChI is InChI=1S/C20H20FNO2/c1-13-7-8-17-16(11-19(23)24-20(17)14(13)2)12-22-10-9-15-5-3-4-6-18(15)21/h3-8,11,22H,9-10,12H2,1-2H3/p+1. The van der Waals surface area contributed by atoms with Crippen molar-refractivity contribution in [1.29, 1.82) is 0 Å². The fraction of sp³-hybridized carbons (Fsp3) is 0.250. The van der Waals surface area contributed by atoms with Crippen LogP contribution in [0.4, 0.5) is 4.39 Å². The van der Waals surface area contributed by atoms with Gasteiger partial charge in [-0.1, -0.05) is 30.3 Å². The Kier molecular flexibility index (Phi) is 4.76. The Morgan fingerprint density at radius 1 is 1.08 bits per heavy atom. The molecule has 1 aromatic heterocycles. The molecule has 1 heterocycles.